The molecule has 11 heavy (non-hydrogen) atoms. The summed E-state index contributed by atoms with van der Waals surface area (Å²) < 4.78 is 5.86. The summed E-state index contributed by atoms with van der Waals surface area (Å²) in [6.45, 7) is 5.18. The molecular formula is C8H9BrO2. The Balaban J connectivity index is 3.34. The highest BCUT2D eigenvalue weighted by Crippen LogP contribution is 2.26. The van der Waals surface area contributed by atoms with E-state index in [2.05, 4.69) is 15.9 Å². The van der Waals surface area contributed by atoms with Gasteiger partial charge in [-0.3, -0.25) is 4.79 Å². The van der Waals surface area contributed by atoms with E-state index in [0.717, 1.165) is 5.56 Å². The molecule has 1 rings (SSSR count). The third kappa shape index (κ3) is 1.38. The molecule has 0 aliphatic carbocycles. The zero-order chi connectivity index (χ0) is 8.59. The summed E-state index contributed by atoms with van der Waals surface area (Å²) in [6.07, 6.45) is 0. The van der Waals surface area contributed by atoms with Crippen LogP contribution in [0.25, 0.3) is 0 Å². The number of ketones is 1. The lowest BCUT2D eigenvalue weighted by Crippen LogP contribution is -1.94. The largest absolute Gasteiger partial charge is 0.454 e. The van der Waals surface area contributed by atoms with Gasteiger partial charge in [-0.1, -0.05) is 0 Å². The van der Waals surface area contributed by atoms with Gasteiger partial charge in [-0.15, -0.1) is 0 Å². The van der Waals surface area contributed by atoms with Crippen LogP contribution in [0.4, 0.5) is 0 Å². The maximum atomic E-state index is 11.0. The van der Waals surface area contributed by atoms with Crippen LogP contribution in [0.3, 0.4) is 0 Å². The highest BCUT2D eigenvalue weighted by molar-refractivity contribution is 9.10. The zero-order valence-corrected chi connectivity index (χ0v) is 8.28. The van der Waals surface area contributed by atoms with Crippen molar-refractivity contribution in [2.75, 3.05) is 0 Å². The second-order valence-corrected chi connectivity index (χ2v) is 3.21. The summed E-state index contributed by atoms with van der Waals surface area (Å²) >= 11 is 3.22. The summed E-state index contributed by atoms with van der Waals surface area (Å²) in [5.74, 6) is 0.733. The molecular weight excluding hydrogens is 208 g/mol. The van der Waals surface area contributed by atoms with Gasteiger partial charge < -0.3 is 4.42 Å². The Labute approximate surface area is 73.7 Å². The van der Waals surface area contributed by atoms with Gasteiger partial charge in [0, 0.05) is 5.56 Å². The van der Waals surface area contributed by atoms with Crippen molar-refractivity contribution < 1.29 is 9.21 Å². The summed E-state index contributed by atoms with van der Waals surface area (Å²) in [5.41, 5.74) is 1.58. The molecule has 0 bridgehead atoms. The van der Waals surface area contributed by atoms with Crippen LogP contribution in [0.15, 0.2) is 9.09 Å². The van der Waals surface area contributed by atoms with E-state index in [1.165, 1.54) is 6.92 Å². The van der Waals surface area contributed by atoms with Crippen molar-refractivity contribution in [1.82, 2.24) is 0 Å². The van der Waals surface area contributed by atoms with Crippen LogP contribution < -0.4 is 0 Å². The lowest BCUT2D eigenvalue weighted by Gasteiger charge is -1.91. The van der Waals surface area contributed by atoms with Crippen molar-refractivity contribution >= 4 is 21.7 Å². The molecule has 0 aliphatic heterocycles. The lowest BCUT2D eigenvalue weighted by atomic mass is 10.1. The van der Waals surface area contributed by atoms with E-state index in [0.29, 0.717) is 16.0 Å². The number of halogens is 1. The van der Waals surface area contributed by atoms with E-state index < -0.39 is 0 Å². The van der Waals surface area contributed by atoms with E-state index in [4.69, 9.17) is 4.42 Å². The molecule has 0 saturated heterocycles. The Bertz CT molecular complexity index is 299. The molecule has 2 nitrogen and oxygen atoms in total. The van der Waals surface area contributed by atoms with Gasteiger partial charge in [-0.25, -0.2) is 0 Å². The van der Waals surface area contributed by atoms with Crippen molar-refractivity contribution in [3.63, 3.8) is 0 Å². The van der Waals surface area contributed by atoms with Gasteiger partial charge in [-0.2, -0.15) is 0 Å². The molecule has 0 saturated carbocycles. The van der Waals surface area contributed by atoms with Gasteiger partial charge in [-0.05, 0) is 36.7 Å². The van der Waals surface area contributed by atoms with Crippen LogP contribution >= 0.6 is 15.9 Å². The third-order valence-corrected chi connectivity index (χ3v) is 2.37. The topological polar surface area (TPSA) is 30.2 Å². The molecule has 1 aromatic heterocycles. The van der Waals surface area contributed by atoms with Crippen molar-refractivity contribution in [3.05, 3.63) is 21.6 Å². The van der Waals surface area contributed by atoms with Crippen LogP contribution in [-0.4, -0.2) is 5.78 Å². The molecule has 0 radical (unpaired) electrons. The van der Waals surface area contributed by atoms with Gasteiger partial charge in [0.2, 0.25) is 0 Å². The number of rotatable bonds is 1. The maximum Gasteiger partial charge on any atom is 0.173 e. The van der Waals surface area contributed by atoms with E-state index >= 15 is 0 Å². The van der Waals surface area contributed by atoms with Gasteiger partial charge in [0.25, 0.3) is 0 Å². The maximum absolute atomic E-state index is 11.0. The number of hydrogen-bond donors (Lipinski definition) is 0. The quantitative estimate of drug-likeness (QED) is 0.677. The normalized spacial score (nSPS) is 10.2. The van der Waals surface area contributed by atoms with Gasteiger partial charge >= 0.3 is 0 Å². The smallest absolute Gasteiger partial charge is 0.173 e. The molecule has 1 aromatic rings. The van der Waals surface area contributed by atoms with E-state index in [-0.39, 0.29) is 5.78 Å². The predicted octanol–water partition coefficient (Wildman–Crippen LogP) is 2.86. The van der Waals surface area contributed by atoms with Crippen molar-refractivity contribution in [3.8, 4) is 0 Å². The number of hydrogen-bond acceptors (Lipinski definition) is 2. The van der Waals surface area contributed by atoms with E-state index in [9.17, 15) is 4.79 Å². The van der Waals surface area contributed by atoms with Crippen molar-refractivity contribution in [2.45, 2.75) is 20.8 Å². The summed E-state index contributed by atoms with van der Waals surface area (Å²) in [4.78, 5) is 11.0. The summed E-state index contributed by atoms with van der Waals surface area (Å²) in [6, 6.07) is 0. The second-order valence-electron chi connectivity index (χ2n) is 2.49. The first-order chi connectivity index (χ1) is 5.04. The Morgan fingerprint density at radius 2 is 2.00 bits per heavy atom. The molecule has 1 heterocycles. The number of aryl methyl sites for hydroxylation is 1. The van der Waals surface area contributed by atoms with E-state index in [1.807, 2.05) is 6.92 Å². The molecule has 3 heteroatoms. The first kappa shape index (κ1) is 8.53. The van der Waals surface area contributed by atoms with Crippen LogP contribution in [0.2, 0.25) is 0 Å². The second kappa shape index (κ2) is 2.81. The Morgan fingerprint density at radius 3 is 2.18 bits per heavy atom. The Hall–Kier alpha value is -0.570. The first-order valence-corrected chi connectivity index (χ1v) is 4.09. The van der Waals surface area contributed by atoms with Gasteiger partial charge in [0.1, 0.15) is 5.76 Å². The fourth-order valence-corrected chi connectivity index (χ4v) is 1.58. The number of Topliss-reactive ketones (excluding diaryl/α,β-unsaturated/α-hetero) is 1. The molecule has 0 unspecified atom stereocenters. The third-order valence-electron chi connectivity index (χ3n) is 1.62. The number of furan rings is 1. The van der Waals surface area contributed by atoms with Crippen LogP contribution in [-0.2, 0) is 0 Å². The molecule has 0 aliphatic rings. The standard InChI is InChI=1S/C8H9BrO2/c1-4-7(5(2)10)6(3)11-8(4)9/h1-3H3. The SMILES string of the molecule is CC(=O)c1c(C)oc(Br)c1C. The van der Waals surface area contributed by atoms with Crippen LogP contribution in [0.5, 0.6) is 0 Å². The lowest BCUT2D eigenvalue weighted by molar-refractivity contribution is 0.101. The fourth-order valence-electron chi connectivity index (χ4n) is 1.14. The average Bonchev–Trinajstić information content (AvgIpc) is 2.07. The molecule has 0 atom stereocenters. The van der Waals surface area contributed by atoms with Crippen molar-refractivity contribution in [2.24, 2.45) is 0 Å². The minimum Gasteiger partial charge on any atom is -0.454 e. The highest BCUT2D eigenvalue weighted by Gasteiger charge is 2.15. The van der Waals surface area contributed by atoms with Gasteiger partial charge in [0.15, 0.2) is 10.5 Å². The van der Waals surface area contributed by atoms with E-state index in [1.54, 1.807) is 6.92 Å². The zero-order valence-electron chi connectivity index (χ0n) is 6.69. The highest BCUT2D eigenvalue weighted by atomic mass is 79.9. The molecule has 0 amide bonds. The molecule has 0 aromatic carbocycles. The predicted molar refractivity (Wildman–Crippen MR) is 45.9 cm³/mol. The van der Waals surface area contributed by atoms with Crippen molar-refractivity contribution in [1.29, 1.82) is 0 Å². The van der Waals surface area contributed by atoms with Gasteiger partial charge in [0.05, 0.1) is 5.56 Å². The Kier molecular flexibility index (Phi) is 2.18. The summed E-state index contributed by atoms with van der Waals surface area (Å²) in [5, 5.41) is 0. The minimum atomic E-state index is 0.0504. The first-order valence-electron chi connectivity index (χ1n) is 3.30. The fraction of sp³-hybridized carbons (Fsp3) is 0.375. The number of carbonyl (C=O) groups is 1. The average molecular weight is 217 g/mol. The monoisotopic (exact) mass is 216 g/mol. The van der Waals surface area contributed by atoms with Crippen LogP contribution in [0, 0.1) is 13.8 Å². The Morgan fingerprint density at radius 1 is 1.45 bits per heavy atom. The molecule has 0 spiro atoms. The van der Waals surface area contributed by atoms with Crippen LogP contribution in [0.1, 0.15) is 28.6 Å². The molecule has 0 N–H and O–H groups in total. The minimum absolute atomic E-state index is 0.0504. The number of carbonyl (C=O) groups excluding carboxylic acids is 1. The molecule has 60 valence electrons. The molecule has 0 fully saturated rings. The summed E-state index contributed by atoms with van der Waals surface area (Å²) in [7, 11) is 0.